The molecule has 0 saturated carbocycles. The van der Waals surface area contributed by atoms with Crippen molar-refractivity contribution >= 4 is 27.4 Å². The van der Waals surface area contributed by atoms with E-state index in [1.54, 1.807) is 12.1 Å². The van der Waals surface area contributed by atoms with Crippen LogP contribution < -0.4 is 10.3 Å². The van der Waals surface area contributed by atoms with Gasteiger partial charge in [0, 0.05) is 0 Å². The van der Waals surface area contributed by atoms with E-state index in [0.29, 0.717) is 11.4 Å². The van der Waals surface area contributed by atoms with Gasteiger partial charge in [0.15, 0.2) is 0 Å². The Bertz CT molecular complexity index is 699. The fourth-order valence-electron chi connectivity index (χ4n) is 1.41. The zero-order valence-electron chi connectivity index (χ0n) is 10.3. The van der Waals surface area contributed by atoms with Gasteiger partial charge in [-0.1, -0.05) is 18.2 Å². The van der Waals surface area contributed by atoms with Gasteiger partial charge >= 0.3 is 10.3 Å². The van der Waals surface area contributed by atoms with Gasteiger partial charge in [-0.15, -0.1) is 0 Å². The highest BCUT2D eigenvalue weighted by atomic mass is 32.2. The highest BCUT2D eigenvalue weighted by Crippen LogP contribution is 2.21. The van der Waals surface area contributed by atoms with Crippen LogP contribution >= 0.6 is 0 Å². The molecule has 0 fully saturated rings. The summed E-state index contributed by atoms with van der Waals surface area (Å²) in [6, 6.07) is 15.1. The topological polar surface area (TPSA) is 108 Å². The lowest BCUT2D eigenvalue weighted by molar-refractivity contribution is 0.478. The first-order valence-electron chi connectivity index (χ1n) is 5.56. The molecule has 3 N–H and O–H groups in total. The minimum Gasteiger partial charge on any atom is -0.268 e. The number of hydrazine groups is 1. The SMILES string of the molecule is NN(c1ccc(N=Nc2ccccc2)cc1)S(=O)(=O)O. The van der Waals surface area contributed by atoms with Gasteiger partial charge in [0.05, 0.1) is 17.1 Å². The largest absolute Gasteiger partial charge is 0.373 e. The van der Waals surface area contributed by atoms with Crippen LogP contribution in [0.5, 0.6) is 0 Å². The molecule has 0 atom stereocenters. The number of hydrogen-bond donors (Lipinski definition) is 2. The monoisotopic (exact) mass is 292 g/mol. The van der Waals surface area contributed by atoms with Crippen molar-refractivity contribution in [2.45, 2.75) is 0 Å². The van der Waals surface area contributed by atoms with Crippen molar-refractivity contribution in [2.75, 3.05) is 4.41 Å². The first-order chi connectivity index (χ1) is 9.47. The van der Waals surface area contributed by atoms with Crippen molar-refractivity contribution in [1.29, 1.82) is 0 Å². The van der Waals surface area contributed by atoms with E-state index in [1.807, 2.05) is 18.2 Å². The van der Waals surface area contributed by atoms with Gasteiger partial charge in [-0.05, 0) is 36.4 Å². The Morgan fingerprint density at radius 1 is 0.900 bits per heavy atom. The van der Waals surface area contributed by atoms with Crippen LogP contribution in [0.1, 0.15) is 0 Å². The Hall–Kier alpha value is -2.29. The molecule has 0 aliphatic heterocycles. The number of azo groups is 1. The van der Waals surface area contributed by atoms with Gasteiger partial charge in [-0.25, -0.2) is 5.84 Å². The second kappa shape index (κ2) is 5.78. The molecule has 8 heteroatoms. The lowest BCUT2D eigenvalue weighted by atomic mass is 10.3. The normalized spacial score (nSPS) is 11.7. The average molecular weight is 292 g/mol. The van der Waals surface area contributed by atoms with Crippen LogP contribution in [0.3, 0.4) is 0 Å². The van der Waals surface area contributed by atoms with E-state index in [9.17, 15) is 8.42 Å². The van der Waals surface area contributed by atoms with Gasteiger partial charge < -0.3 is 0 Å². The van der Waals surface area contributed by atoms with Crippen LogP contribution in [-0.2, 0) is 10.3 Å². The van der Waals surface area contributed by atoms with Crippen LogP contribution in [0.25, 0.3) is 0 Å². The number of anilines is 1. The summed E-state index contributed by atoms with van der Waals surface area (Å²) in [6.45, 7) is 0. The number of nitrogens with two attached hydrogens (primary N) is 1. The van der Waals surface area contributed by atoms with Crippen LogP contribution in [0.2, 0.25) is 0 Å². The molecule has 2 aromatic rings. The standard InChI is InChI=1S/C12H12N4O3S/c13-16(20(17,18)19)12-8-6-11(7-9-12)15-14-10-4-2-1-3-5-10/h1-9H,13H2,(H,17,18,19). The van der Waals surface area contributed by atoms with E-state index in [-0.39, 0.29) is 10.1 Å². The van der Waals surface area contributed by atoms with E-state index in [0.717, 1.165) is 0 Å². The van der Waals surface area contributed by atoms with Crippen molar-refractivity contribution in [2.24, 2.45) is 16.1 Å². The molecule has 0 aliphatic rings. The lowest BCUT2D eigenvalue weighted by Crippen LogP contribution is -2.36. The highest BCUT2D eigenvalue weighted by Gasteiger charge is 2.14. The van der Waals surface area contributed by atoms with E-state index in [2.05, 4.69) is 10.2 Å². The first kappa shape index (κ1) is 14.1. The molecule has 0 aliphatic carbocycles. The molecule has 0 unspecified atom stereocenters. The van der Waals surface area contributed by atoms with E-state index in [4.69, 9.17) is 10.4 Å². The Balaban J connectivity index is 2.15. The van der Waals surface area contributed by atoms with Crippen molar-refractivity contribution in [3.05, 3.63) is 54.6 Å². The Morgan fingerprint density at radius 3 is 1.90 bits per heavy atom. The summed E-state index contributed by atoms with van der Waals surface area (Å²) in [5.74, 6) is 5.23. The molecule has 104 valence electrons. The third kappa shape index (κ3) is 3.60. The Kier molecular flexibility index (Phi) is 4.08. The van der Waals surface area contributed by atoms with Crippen molar-refractivity contribution in [3.63, 3.8) is 0 Å². The Labute approximate surface area is 116 Å². The molecule has 7 nitrogen and oxygen atoms in total. The maximum absolute atomic E-state index is 10.8. The summed E-state index contributed by atoms with van der Waals surface area (Å²) in [7, 11) is -4.47. The molecular formula is C12H12N4O3S. The second-order valence-corrected chi connectivity index (χ2v) is 5.11. The minimum absolute atomic E-state index is 0.117. The van der Waals surface area contributed by atoms with Crippen molar-refractivity contribution < 1.29 is 13.0 Å². The lowest BCUT2D eigenvalue weighted by Gasteiger charge is -2.13. The predicted octanol–water partition coefficient (Wildman–Crippen LogP) is 2.58. The second-order valence-electron chi connectivity index (χ2n) is 3.83. The van der Waals surface area contributed by atoms with Crippen molar-refractivity contribution in [3.8, 4) is 0 Å². The molecule has 2 aromatic carbocycles. The molecule has 0 radical (unpaired) electrons. The van der Waals surface area contributed by atoms with Gasteiger partial charge in [0.25, 0.3) is 0 Å². The third-order valence-electron chi connectivity index (χ3n) is 2.39. The van der Waals surface area contributed by atoms with Gasteiger partial charge in [-0.3, -0.25) is 4.55 Å². The molecule has 0 amide bonds. The van der Waals surface area contributed by atoms with Crippen molar-refractivity contribution in [1.82, 2.24) is 0 Å². The van der Waals surface area contributed by atoms with Crippen LogP contribution in [0.15, 0.2) is 64.8 Å². The third-order valence-corrected chi connectivity index (χ3v) is 3.10. The summed E-state index contributed by atoms with van der Waals surface area (Å²) in [5.41, 5.74) is 1.35. The van der Waals surface area contributed by atoms with Crippen LogP contribution in [-0.4, -0.2) is 13.0 Å². The number of benzene rings is 2. The molecule has 0 heterocycles. The molecule has 20 heavy (non-hydrogen) atoms. The number of rotatable bonds is 4. The average Bonchev–Trinajstić information content (AvgIpc) is 2.45. The minimum atomic E-state index is -4.47. The summed E-state index contributed by atoms with van der Waals surface area (Å²) < 4.78 is 30.7. The maximum atomic E-state index is 10.8. The summed E-state index contributed by atoms with van der Waals surface area (Å²) in [6.07, 6.45) is 0. The van der Waals surface area contributed by atoms with E-state index < -0.39 is 10.3 Å². The Morgan fingerprint density at radius 2 is 1.40 bits per heavy atom. The van der Waals surface area contributed by atoms with Gasteiger partial charge in [0.2, 0.25) is 0 Å². The zero-order chi connectivity index (χ0) is 14.6. The molecule has 0 saturated heterocycles. The van der Waals surface area contributed by atoms with Gasteiger partial charge in [-0.2, -0.15) is 23.1 Å². The fraction of sp³-hybridized carbons (Fsp3) is 0. The summed E-state index contributed by atoms with van der Waals surface area (Å²) in [5, 5.41) is 8.01. The quantitative estimate of drug-likeness (QED) is 0.390. The van der Waals surface area contributed by atoms with Gasteiger partial charge in [0.1, 0.15) is 0 Å². The van der Waals surface area contributed by atoms with Crippen LogP contribution in [0, 0.1) is 0 Å². The molecule has 0 aromatic heterocycles. The molecule has 0 spiro atoms. The maximum Gasteiger partial charge on any atom is 0.373 e. The molecule has 2 rings (SSSR count). The molecule has 0 bridgehead atoms. The summed E-state index contributed by atoms with van der Waals surface area (Å²) >= 11 is 0. The zero-order valence-corrected chi connectivity index (χ0v) is 11.1. The highest BCUT2D eigenvalue weighted by molar-refractivity contribution is 7.87. The van der Waals surface area contributed by atoms with E-state index in [1.165, 1.54) is 24.3 Å². The summed E-state index contributed by atoms with van der Waals surface area (Å²) in [4.78, 5) is 0. The smallest absolute Gasteiger partial charge is 0.268 e. The number of nitrogens with zero attached hydrogens (tertiary/aromatic N) is 3. The predicted molar refractivity (Wildman–Crippen MR) is 75.3 cm³/mol. The number of hydrogen-bond acceptors (Lipinski definition) is 5. The van der Waals surface area contributed by atoms with Crippen LogP contribution in [0.4, 0.5) is 17.1 Å². The van der Waals surface area contributed by atoms with E-state index >= 15 is 0 Å². The fourth-order valence-corrected chi connectivity index (χ4v) is 1.80. The molecular weight excluding hydrogens is 280 g/mol. The first-order valence-corrected chi connectivity index (χ1v) is 6.96.